The average Bonchev–Trinajstić information content (AvgIpc) is 2.93. The largest absolute Gasteiger partial charge is 0.506 e. The maximum Gasteiger partial charge on any atom is 0.250 e. The number of halogens is 1. The van der Waals surface area contributed by atoms with E-state index in [-0.39, 0.29) is 22.4 Å². The molecule has 1 amide bonds. The Labute approximate surface area is 153 Å². The van der Waals surface area contributed by atoms with Crippen LogP contribution in [0, 0.1) is 0 Å². The zero-order valence-corrected chi connectivity index (χ0v) is 14.9. The van der Waals surface area contributed by atoms with E-state index in [1.165, 1.54) is 24.0 Å². The highest BCUT2D eigenvalue weighted by Gasteiger charge is 2.09. The van der Waals surface area contributed by atoms with Crippen molar-refractivity contribution < 1.29 is 9.90 Å². The van der Waals surface area contributed by atoms with Gasteiger partial charge in [-0.3, -0.25) is 4.79 Å². The van der Waals surface area contributed by atoms with E-state index in [2.05, 4.69) is 15.5 Å². The molecule has 0 spiro atoms. The lowest BCUT2D eigenvalue weighted by atomic mass is 10.2. The summed E-state index contributed by atoms with van der Waals surface area (Å²) in [7, 11) is 1.92. The van der Waals surface area contributed by atoms with Gasteiger partial charge in [-0.1, -0.05) is 35.5 Å². The highest BCUT2D eigenvalue weighted by atomic mass is 35.5. The molecule has 0 aliphatic carbocycles. The Bertz CT molecular complexity index is 955. The number of carbonyl (C=O) groups is 1. The number of fused-ring (bicyclic) bond motifs is 1. The summed E-state index contributed by atoms with van der Waals surface area (Å²) < 4.78 is 1.95. The Morgan fingerprint density at radius 3 is 2.96 bits per heavy atom. The molecule has 25 heavy (non-hydrogen) atoms. The first kappa shape index (κ1) is 17.3. The van der Waals surface area contributed by atoms with Gasteiger partial charge in [0, 0.05) is 7.05 Å². The number of carbonyl (C=O) groups excluding carboxylic acids is 1. The van der Waals surface area contributed by atoms with Gasteiger partial charge in [-0.2, -0.15) is 5.10 Å². The topological polar surface area (TPSA) is 79.5 Å². The van der Waals surface area contributed by atoms with E-state index in [4.69, 9.17) is 11.6 Å². The second kappa shape index (κ2) is 7.58. The van der Waals surface area contributed by atoms with E-state index < -0.39 is 0 Å². The van der Waals surface area contributed by atoms with Crippen molar-refractivity contribution in [3.05, 3.63) is 53.1 Å². The number of phenols is 1. The van der Waals surface area contributed by atoms with E-state index >= 15 is 0 Å². The molecule has 1 aromatic heterocycles. The number of nitrogens with one attached hydrogen (secondary N) is 1. The molecule has 2 N–H and O–H groups in total. The molecule has 0 aliphatic rings. The van der Waals surface area contributed by atoms with E-state index in [1.807, 2.05) is 35.9 Å². The fourth-order valence-corrected chi connectivity index (χ4v) is 3.17. The number of hydrogen-bond donors (Lipinski definition) is 2. The SMILES string of the molecule is Cn1c(SCC(=O)N/N=C\c2ccc(O)c(Cl)c2)nc2ccccc21. The number of imidazole rings is 1. The lowest BCUT2D eigenvalue weighted by Gasteiger charge is -2.02. The lowest BCUT2D eigenvalue weighted by molar-refractivity contribution is -0.118. The molecule has 0 saturated carbocycles. The number of aryl methyl sites for hydroxylation is 1. The van der Waals surface area contributed by atoms with Gasteiger partial charge in [-0.25, -0.2) is 10.4 Å². The van der Waals surface area contributed by atoms with E-state index in [1.54, 1.807) is 12.1 Å². The molecule has 8 heteroatoms. The summed E-state index contributed by atoms with van der Waals surface area (Å²) in [5.74, 6) is -0.0370. The van der Waals surface area contributed by atoms with E-state index in [0.29, 0.717) is 5.56 Å². The third-order valence-corrected chi connectivity index (χ3v) is 4.79. The Balaban J connectivity index is 1.56. The minimum atomic E-state index is -0.238. The van der Waals surface area contributed by atoms with Crippen LogP contribution >= 0.6 is 23.4 Å². The molecule has 0 bridgehead atoms. The van der Waals surface area contributed by atoms with Gasteiger partial charge < -0.3 is 9.67 Å². The van der Waals surface area contributed by atoms with Crippen LogP contribution in [0.25, 0.3) is 11.0 Å². The monoisotopic (exact) mass is 374 g/mol. The van der Waals surface area contributed by atoms with Crippen molar-refractivity contribution >= 4 is 46.5 Å². The number of hydrazone groups is 1. The zero-order valence-electron chi connectivity index (χ0n) is 13.3. The summed E-state index contributed by atoms with van der Waals surface area (Å²) in [6.07, 6.45) is 1.46. The molecule has 0 atom stereocenters. The normalized spacial score (nSPS) is 11.3. The van der Waals surface area contributed by atoms with Gasteiger partial charge in [0.1, 0.15) is 5.75 Å². The Morgan fingerprint density at radius 2 is 2.20 bits per heavy atom. The number of thioether (sulfide) groups is 1. The van der Waals surface area contributed by atoms with Crippen LogP contribution in [0.15, 0.2) is 52.7 Å². The van der Waals surface area contributed by atoms with Gasteiger partial charge in [-0.05, 0) is 35.9 Å². The molecule has 3 aromatic rings. The predicted molar refractivity (Wildman–Crippen MR) is 100 cm³/mol. The minimum Gasteiger partial charge on any atom is -0.506 e. The van der Waals surface area contributed by atoms with Gasteiger partial charge in [0.15, 0.2) is 5.16 Å². The van der Waals surface area contributed by atoms with Gasteiger partial charge in [0.25, 0.3) is 5.91 Å². The molecule has 0 aliphatic heterocycles. The molecule has 3 rings (SSSR count). The molecule has 0 unspecified atom stereocenters. The van der Waals surface area contributed by atoms with Crippen molar-refractivity contribution in [3.8, 4) is 5.75 Å². The number of amides is 1. The molecule has 0 fully saturated rings. The molecular formula is C17H15ClN4O2S. The molecule has 1 heterocycles. The number of nitrogens with zero attached hydrogens (tertiary/aromatic N) is 3. The molecule has 6 nitrogen and oxygen atoms in total. The van der Waals surface area contributed by atoms with Crippen LogP contribution in [-0.4, -0.2) is 32.5 Å². The van der Waals surface area contributed by atoms with Crippen LogP contribution in [0.4, 0.5) is 0 Å². The maximum absolute atomic E-state index is 11.9. The lowest BCUT2D eigenvalue weighted by Crippen LogP contribution is -2.19. The third kappa shape index (κ3) is 4.12. The van der Waals surface area contributed by atoms with E-state index in [9.17, 15) is 9.90 Å². The third-order valence-electron chi connectivity index (χ3n) is 3.45. The van der Waals surface area contributed by atoms with Crippen molar-refractivity contribution in [3.63, 3.8) is 0 Å². The Morgan fingerprint density at radius 1 is 1.40 bits per heavy atom. The Kier molecular flexibility index (Phi) is 5.25. The van der Waals surface area contributed by atoms with Crippen molar-refractivity contribution in [2.24, 2.45) is 12.1 Å². The van der Waals surface area contributed by atoms with Crippen LogP contribution < -0.4 is 5.43 Å². The maximum atomic E-state index is 11.9. The van der Waals surface area contributed by atoms with Gasteiger partial charge in [-0.15, -0.1) is 0 Å². The summed E-state index contributed by atoms with van der Waals surface area (Å²) in [5, 5.41) is 14.2. The minimum absolute atomic E-state index is 0.00158. The average molecular weight is 375 g/mol. The molecule has 0 saturated heterocycles. The van der Waals surface area contributed by atoms with Crippen molar-refractivity contribution in [2.75, 3.05) is 5.75 Å². The van der Waals surface area contributed by atoms with Crippen molar-refractivity contribution in [1.29, 1.82) is 0 Å². The fraction of sp³-hybridized carbons (Fsp3) is 0.118. The van der Waals surface area contributed by atoms with Gasteiger partial charge >= 0.3 is 0 Å². The number of hydrogen-bond acceptors (Lipinski definition) is 5. The zero-order chi connectivity index (χ0) is 17.8. The number of aromatic hydroxyl groups is 1. The summed E-state index contributed by atoms with van der Waals surface area (Å²) in [6.45, 7) is 0. The summed E-state index contributed by atoms with van der Waals surface area (Å²) in [5.41, 5.74) is 5.05. The molecule has 128 valence electrons. The van der Waals surface area contributed by atoms with Gasteiger partial charge in [0.2, 0.25) is 0 Å². The quantitative estimate of drug-likeness (QED) is 0.408. The number of rotatable bonds is 5. The summed E-state index contributed by atoms with van der Waals surface area (Å²) in [4.78, 5) is 16.4. The van der Waals surface area contributed by atoms with Crippen LogP contribution in [0.2, 0.25) is 5.02 Å². The first-order valence-corrected chi connectivity index (χ1v) is 8.75. The Hall–Kier alpha value is -2.51. The smallest absolute Gasteiger partial charge is 0.250 e. The highest BCUT2D eigenvalue weighted by molar-refractivity contribution is 7.99. The number of para-hydroxylation sites is 2. The fourth-order valence-electron chi connectivity index (χ4n) is 2.20. The first-order valence-electron chi connectivity index (χ1n) is 7.39. The van der Waals surface area contributed by atoms with Crippen LogP contribution in [-0.2, 0) is 11.8 Å². The van der Waals surface area contributed by atoms with Crippen molar-refractivity contribution in [2.45, 2.75) is 5.16 Å². The number of benzene rings is 2. The van der Waals surface area contributed by atoms with E-state index in [0.717, 1.165) is 16.2 Å². The highest BCUT2D eigenvalue weighted by Crippen LogP contribution is 2.23. The molecule has 2 aromatic carbocycles. The standard InChI is InChI=1S/C17H15ClN4O2S/c1-22-14-5-3-2-4-13(14)20-17(22)25-10-16(24)21-19-9-11-6-7-15(23)12(18)8-11/h2-9,23H,10H2,1H3,(H,21,24)/b19-9-. The number of aromatic nitrogens is 2. The van der Waals surface area contributed by atoms with Crippen LogP contribution in [0.1, 0.15) is 5.56 Å². The molecular weight excluding hydrogens is 360 g/mol. The van der Waals surface area contributed by atoms with Gasteiger partial charge in [0.05, 0.1) is 28.0 Å². The van der Waals surface area contributed by atoms with Crippen LogP contribution in [0.3, 0.4) is 0 Å². The van der Waals surface area contributed by atoms with Crippen molar-refractivity contribution in [1.82, 2.24) is 15.0 Å². The number of phenolic OH excluding ortho intramolecular Hbond substituents is 1. The molecule has 0 radical (unpaired) electrons. The second-order valence-corrected chi connectivity index (χ2v) is 6.58. The predicted octanol–water partition coefficient (Wildman–Crippen LogP) is 3.17. The first-order chi connectivity index (χ1) is 12.0. The van der Waals surface area contributed by atoms with Crippen LogP contribution in [0.5, 0.6) is 5.75 Å². The summed E-state index contributed by atoms with van der Waals surface area (Å²) >= 11 is 7.15. The second-order valence-electron chi connectivity index (χ2n) is 5.23. The summed E-state index contributed by atoms with van der Waals surface area (Å²) in [6, 6.07) is 12.5.